The fourth-order valence-electron chi connectivity index (χ4n) is 2.35. The number of hydrogen-bond donors (Lipinski definition) is 0. The third-order valence-electron chi connectivity index (χ3n) is 3.86. The number of thiophene rings is 1. The van der Waals surface area contributed by atoms with E-state index in [4.69, 9.17) is 4.74 Å². The molecule has 0 unspecified atom stereocenters. The molecule has 0 fully saturated rings. The van der Waals surface area contributed by atoms with Crippen LogP contribution in [-0.4, -0.2) is 20.5 Å². The molecule has 130 valence electrons. The molecule has 0 aliphatic heterocycles. The maximum absolute atomic E-state index is 12.5. The molecule has 0 saturated heterocycles. The lowest BCUT2D eigenvalue weighted by molar-refractivity contribution is -0.620. The Labute approximate surface area is 146 Å². The summed E-state index contributed by atoms with van der Waals surface area (Å²) in [6.07, 6.45) is 4.17. The summed E-state index contributed by atoms with van der Waals surface area (Å²) in [6, 6.07) is 1.49. The van der Waals surface area contributed by atoms with E-state index >= 15 is 0 Å². The van der Waals surface area contributed by atoms with Crippen LogP contribution in [0.1, 0.15) is 22.7 Å². The van der Waals surface area contributed by atoms with E-state index in [1.807, 2.05) is 13.8 Å². The van der Waals surface area contributed by atoms with Crippen LogP contribution in [0.2, 0.25) is 0 Å². The summed E-state index contributed by atoms with van der Waals surface area (Å²) in [5, 5.41) is 12.0. The average molecular weight is 360 g/mol. The molecule has 3 rings (SSSR count). The highest BCUT2D eigenvalue weighted by Crippen LogP contribution is 2.25. The van der Waals surface area contributed by atoms with Crippen LogP contribution >= 0.6 is 11.3 Å². The number of rotatable bonds is 5. The van der Waals surface area contributed by atoms with Gasteiger partial charge in [0, 0.05) is 17.5 Å². The lowest BCUT2D eigenvalue weighted by Crippen LogP contribution is -2.33. The van der Waals surface area contributed by atoms with Gasteiger partial charge in [-0.3, -0.25) is 14.2 Å². The van der Waals surface area contributed by atoms with Gasteiger partial charge in [0.25, 0.3) is 5.56 Å². The number of carbonyl (C=O) groups is 1. The Bertz CT molecular complexity index is 995. The Morgan fingerprint density at radius 3 is 2.96 bits per heavy atom. The molecule has 3 heterocycles. The van der Waals surface area contributed by atoms with E-state index < -0.39 is 5.97 Å². The first-order valence-corrected chi connectivity index (χ1v) is 8.43. The van der Waals surface area contributed by atoms with Crippen molar-refractivity contribution >= 4 is 27.5 Å². The topological polar surface area (TPSA) is 101 Å². The van der Waals surface area contributed by atoms with Gasteiger partial charge < -0.3 is 9.94 Å². The van der Waals surface area contributed by atoms with Crippen LogP contribution in [0.5, 0.6) is 0 Å². The summed E-state index contributed by atoms with van der Waals surface area (Å²) in [6.45, 7) is 3.79. The fourth-order valence-corrected chi connectivity index (χ4v) is 3.34. The molecule has 25 heavy (non-hydrogen) atoms. The van der Waals surface area contributed by atoms with Gasteiger partial charge in [-0.05, 0) is 24.4 Å². The molecule has 8 nitrogen and oxygen atoms in total. The number of esters is 1. The van der Waals surface area contributed by atoms with Crippen LogP contribution in [0.3, 0.4) is 0 Å². The largest absolute Gasteiger partial charge is 0.711 e. The first-order valence-electron chi connectivity index (χ1n) is 7.61. The van der Waals surface area contributed by atoms with E-state index in [0.717, 1.165) is 10.4 Å². The number of ether oxygens (including phenoxy) is 1. The molecule has 9 heteroatoms. The Kier molecular flexibility index (Phi) is 4.75. The van der Waals surface area contributed by atoms with Crippen molar-refractivity contribution in [3.63, 3.8) is 0 Å². The van der Waals surface area contributed by atoms with Crippen LogP contribution in [0.25, 0.3) is 10.2 Å². The van der Waals surface area contributed by atoms with Crippen molar-refractivity contribution in [2.75, 3.05) is 0 Å². The second-order valence-electron chi connectivity index (χ2n) is 5.48. The first-order chi connectivity index (χ1) is 12.0. The second-order valence-corrected chi connectivity index (χ2v) is 6.68. The second kappa shape index (κ2) is 6.98. The highest BCUT2D eigenvalue weighted by atomic mass is 32.1. The smallest absolute Gasteiger partial charge is 0.339 e. The van der Waals surface area contributed by atoms with Crippen molar-refractivity contribution in [3.05, 3.63) is 56.6 Å². The van der Waals surface area contributed by atoms with Crippen LogP contribution in [-0.2, 0) is 22.7 Å². The summed E-state index contributed by atoms with van der Waals surface area (Å²) in [5.41, 5.74) is 0.756. The standard InChI is InChI=1S/C16H16N4O4S/c1-10-11(2)25-15-14(10)16(22)19(9-18-15)7-4-13(21)24-8-12-17-5-3-6-20(12)23/h3,5-6,9H,4,7-8H2,1-2H3. The molecule has 0 saturated carbocycles. The monoisotopic (exact) mass is 360 g/mol. The van der Waals surface area contributed by atoms with Crippen molar-refractivity contribution in [3.8, 4) is 0 Å². The zero-order valence-corrected chi connectivity index (χ0v) is 14.6. The minimum atomic E-state index is -0.518. The zero-order chi connectivity index (χ0) is 18.0. The Morgan fingerprint density at radius 1 is 1.40 bits per heavy atom. The SMILES string of the molecule is Cc1sc2ncn(CCC(=O)OCc3nccc[n+]3[O-])c(=O)c2c1C. The Balaban J connectivity index is 1.65. The minimum absolute atomic E-state index is 0.000943. The lowest BCUT2D eigenvalue weighted by Gasteiger charge is -2.07. The fraction of sp³-hybridized carbons (Fsp3) is 0.312. The van der Waals surface area contributed by atoms with E-state index in [-0.39, 0.29) is 31.0 Å². The van der Waals surface area contributed by atoms with Gasteiger partial charge in [-0.2, -0.15) is 0 Å². The third-order valence-corrected chi connectivity index (χ3v) is 4.98. The predicted octanol–water partition coefficient (Wildman–Crippen LogP) is 1.24. The van der Waals surface area contributed by atoms with E-state index in [1.165, 1.54) is 40.7 Å². The summed E-state index contributed by atoms with van der Waals surface area (Å²) in [7, 11) is 0. The van der Waals surface area contributed by atoms with Crippen LogP contribution in [0.15, 0.2) is 29.6 Å². The summed E-state index contributed by atoms with van der Waals surface area (Å²) < 4.78 is 6.97. The predicted molar refractivity (Wildman–Crippen MR) is 91.0 cm³/mol. The maximum Gasteiger partial charge on any atom is 0.339 e. The molecule has 0 bridgehead atoms. The first kappa shape index (κ1) is 17.0. The zero-order valence-electron chi connectivity index (χ0n) is 13.8. The molecule has 0 N–H and O–H groups in total. The molecule has 0 spiro atoms. The average Bonchev–Trinajstić information content (AvgIpc) is 2.88. The number of nitrogens with zero attached hydrogens (tertiary/aromatic N) is 4. The Hall–Kier alpha value is -2.81. The highest BCUT2D eigenvalue weighted by molar-refractivity contribution is 7.18. The van der Waals surface area contributed by atoms with E-state index in [1.54, 1.807) is 0 Å². The van der Waals surface area contributed by atoms with Crippen LogP contribution in [0.4, 0.5) is 0 Å². The molecule has 0 atom stereocenters. The van der Waals surface area contributed by atoms with Crippen molar-refractivity contribution in [2.24, 2.45) is 0 Å². The van der Waals surface area contributed by atoms with Crippen molar-refractivity contribution in [1.29, 1.82) is 0 Å². The van der Waals surface area contributed by atoms with Gasteiger partial charge >= 0.3 is 11.8 Å². The summed E-state index contributed by atoms with van der Waals surface area (Å²) in [4.78, 5) is 34.2. The van der Waals surface area contributed by atoms with E-state index in [0.29, 0.717) is 14.9 Å². The van der Waals surface area contributed by atoms with Gasteiger partial charge in [0.2, 0.25) is 0 Å². The molecule has 0 radical (unpaired) electrons. The van der Waals surface area contributed by atoms with Crippen LogP contribution < -0.4 is 10.3 Å². The molecule has 0 aliphatic carbocycles. The number of hydrogen-bond acceptors (Lipinski definition) is 7. The molecule has 3 aromatic heterocycles. The van der Waals surface area contributed by atoms with Gasteiger partial charge in [0.15, 0.2) is 6.61 Å². The van der Waals surface area contributed by atoms with Gasteiger partial charge in [0.05, 0.1) is 24.3 Å². The lowest BCUT2D eigenvalue weighted by atomic mass is 10.2. The number of aromatic nitrogens is 4. The van der Waals surface area contributed by atoms with Crippen LogP contribution in [0, 0.1) is 19.1 Å². The van der Waals surface area contributed by atoms with Gasteiger partial charge in [-0.15, -0.1) is 11.3 Å². The van der Waals surface area contributed by atoms with Gasteiger partial charge in [0.1, 0.15) is 11.0 Å². The summed E-state index contributed by atoms with van der Waals surface area (Å²) >= 11 is 1.48. The van der Waals surface area contributed by atoms with E-state index in [2.05, 4.69) is 9.97 Å². The van der Waals surface area contributed by atoms with Crippen molar-refractivity contribution < 1.29 is 14.3 Å². The summed E-state index contributed by atoms with van der Waals surface area (Å²) in [5.74, 6) is -0.420. The molecule has 0 aliphatic rings. The van der Waals surface area contributed by atoms with Gasteiger partial charge in [-0.25, -0.2) is 9.71 Å². The molecule has 0 amide bonds. The van der Waals surface area contributed by atoms with E-state index in [9.17, 15) is 14.8 Å². The quantitative estimate of drug-likeness (QED) is 0.385. The Morgan fingerprint density at radius 2 is 2.20 bits per heavy atom. The molecular weight excluding hydrogens is 344 g/mol. The maximum atomic E-state index is 12.5. The molecule has 0 aromatic carbocycles. The number of fused-ring (bicyclic) bond motifs is 1. The minimum Gasteiger partial charge on any atom is -0.711 e. The number of carbonyl (C=O) groups excluding carboxylic acids is 1. The molecular formula is C16H16N4O4S. The highest BCUT2D eigenvalue weighted by Gasteiger charge is 2.14. The number of aryl methyl sites for hydroxylation is 3. The van der Waals surface area contributed by atoms with Crippen molar-refractivity contribution in [2.45, 2.75) is 33.4 Å². The van der Waals surface area contributed by atoms with Gasteiger partial charge in [-0.1, -0.05) is 0 Å². The third kappa shape index (κ3) is 3.50. The normalized spacial score (nSPS) is 11.0. The van der Waals surface area contributed by atoms with Crippen molar-refractivity contribution in [1.82, 2.24) is 14.5 Å². The molecule has 3 aromatic rings.